The van der Waals surface area contributed by atoms with Gasteiger partial charge in [0.1, 0.15) is 11.7 Å². The lowest BCUT2D eigenvalue weighted by atomic mass is 10.2. The molecule has 1 aromatic carbocycles. The van der Waals surface area contributed by atoms with E-state index in [9.17, 15) is 9.81 Å². The first kappa shape index (κ1) is 10.8. The summed E-state index contributed by atoms with van der Waals surface area (Å²) in [6.45, 7) is 1.55. The number of hydrogen-bond donors (Lipinski definition) is 0. The van der Waals surface area contributed by atoms with E-state index < -0.39 is 6.04 Å². The average Bonchev–Trinajstić information content (AvgIpc) is 2.30. The molecule has 76 valence electrons. The van der Waals surface area contributed by atoms with Crippen LogP contribution in [0.5, 0.6) is 0 Å². The van der Waals surface area contributed by atoms with E-state index in [1.165, 1.54) is 24.3 Å². The van der Waals surface area contributed by atoms with Crippen molar-refractivity contribution in [1.29, 1.82) is 5.26 Å². The number of rotatable bonds is 4. The van der Waals surface area contributed by atoms with Gasteiger partial charge >= 0.3 is 0 Å². The topological polar surface area (TPSA) is 85.9 Å². The lowest BCUT2D eigenvalue weighted by molar-refractivity contribution is 0.777. The summed E-state index contributed by atoms with van der Waals surface area (Å²) in [7, 11) is 0. The third kappa shape index (κ3) is 2.34. The molecule has 0 saturated heterocycles. The van der Waals surface area contributed by atoms with Gasteiger partial charge in [-0.2, -0.15) is 5.26 Å². The van der Waals surface area contributed by atoms with E-state index in [0.717, 1.165) is 5.01 Å². The van der Waals surface area contributed by atoms with Crippen LogP contribution in [0.25, 0.3) is 0 Å². The highest BCUT2D eigenvalue weighted by molar-refractivity contribution is 5.53. The lowest BCUT2D eigenvalue weighted by Gasteiger charge is -2.16. The van der Waals surface area contributed by atoms with Crippen LogP contribution >= 0.6 is 0 Å². The molecule has 1 unspecified atom stereocenters. The molecule has 0 aliphatic carbocycles. The first-order chi connectivity index (χ1) is 7.22. The predicted molar refractivity (Wildman–Crippen MR) is 55.2 cm³/mol. The van der Waals surface area contributed by atoms with Gasteiger partial charge in [-0.15, -0.1) is 9.81 Å². The van der Waals surface area contributed by atoms with Gasteiger partial charge in [0.15, 0.2) is 0 Å². The maximum atomic E-state index is 10.5. The van der Waals surface area contributed by atoms with E-state index in [-0.39, 0.29) is 5.69 Å². The molecule has 0 fully saturated rings. The maximum Gasteiger partial charge on any atom is 0.139 e. The van der Waals surface area contributed by atoms with Crippen LogP contribution < -0.4 is 5.01 Å². The zero-order valence-corrected chi connectivity index (χ0v) is 7.99. The molecule has 0 aliphatic heterocycles. The van der Waals surface area contributed by atoms with E-state index in [4.69, 9.17) is 5.26 Å². The Morgan fingerprint density at radius 3 is 2.33 bits per heavy atom. The molecule has 0 heterocycles. The maximum absolute atomic E-state index is 10.5. The van der Waals surface area contributed by atoms with Crippen LogP contribution in [0.3, 0.4) is 0 Å². The molecular weight excluding hydrogens is 196 g/mol. The molecule has 6 heteroatoms. The molecule has 0 aliphatic rings. The SMILES string of the molecule is CC(C#N)N(N=O)c1ccc(N=O)cc1. The van der Waals surface area contributed by atoms with Crippen LogP contribution in [-0.4, -0.2) is 6.04 Å². The molecule has 0 spiro atoms. The van der Waals surface area contributed by atoms with Crippen molar-refractivity contribution in [3.05, 3.63) is 34.1 Å². The second-order valence-corrected chi connectivity index (χ2v) is 2.84. The van der Waals surface area contributed by atoms with Crippen molar-refractivity contribution in [2.24, 2.45) is 10.5 Å². The van der Waals surface area contributed by atoms with Crippen LogP contribution in [0.2, 0.25) is 0 Å². The van der Waals surface area contributed by atoms with Gasteiger partial charge in [0.2, 0.25) is 0 Å². The Balaban J connectivity index is 2.98. The van der Waals surface area contributed by atoms with Gasteiger partial charge < -0.3 is 0 Å². The minimum absolute atomic E-state index is 0.259. The van der Waals surface area contributed by atoms with Gasteiger partial charge in [-0.1, -0.05) is 0 Å². The predicted octanol–water partition coefficient (Wildman–Crippen LogP) is 2.48. The van der Waals surface area contributed by atoms with Gasteiger partial charge in [0, 0.05) is 0 Å². The normalized spacial score (nSPS) is 11.2. The molecule has 0 aromatic heterocycles. The Morgan fingerprint density at radius 2 is 1.93 bits per heavy atom. The molecule has 0 N–H and O–H groups in total. The molecule has 0 radical (unpaired) electrons. The summed E-state index contributed by atoms with van der Waals surface area (Å²) in [5.74, 6) is 0. The van der Waals surface area contributed by atoms with E-state index in [0.29, 0.717) is 5.69 Å². The van der Waals surface area contributed by atoms with Gasteiger partial charge in [-0.25, -0.2) is 5.01 Å². The largest absolute Gasteiger partial charge is 0.212 e. The van der Waals surface area contributed by atoms with Crippen molar-refractivity contribution < 1.29 is 0 Å². The monoisotopic (exact) mass is 204 g/mol. The van der Waals surface area contributed by atoms with Crippen LogP contribution in [0.1, 0.15) is 6.92 Å². The quantitative estimate of drug-likeness (QED) is 0.556. The van der Waals surface area contributed by atoms with Crippen LogP contribution in [0.15, 0.2) is 34.7 Å². The molecule has 15 heavy (non-hydrogen) atoms. The average molecular weight is 204 g/mol. The molecule has 1 rings (SSSR count). The fraction of sp³-hybridized carbons (Fsp3) is 0.222. The van der Waals surface area contributed by atoms with Crippen LogP contribution in [0, 0.1) is 21.1 Å². The first-order valence-corrected chi connectivity index (χ1v) is 4.18. The Hall–Kier alpha value is -2.29. The molecule has 0 saturated carbocycles. The van der Waals surface area contributed by atoms with Crippen molar-refractivity contribution in [3.8, 4) is 6.07 Å². The highest BCUT2D eigenvalue weighted by atomic mass is 16.3. The highest BCUT2D eigenvalue weighted by Crippen LogP contribution is 2.21. The molecule has 1 aromatic rings. The summed E-state index contributed by atoms with van der Waals surface area (Å²) >= 11 is 0. The second-order valence-electron chi connectivity index (χ2n) is 2.84. The summed E-state index contributed by atoms with van der Waals surface area (Å²) in [4.78, 5) is 20.6. The molecule has 0 bridgehead atoms. The van der Waals surface area contributed by atoms with E-state index in [1.807, 2.05) is 6.07 Å². The summed E-state index contributed by atoms with van der Waals surface area (Å²) in [5.41, 5.74) is 0.709. The molecular formula is C9H8N4O2. The van der Waals surface area contributed by atoms with Gasteiger partial charge in [0.05, 0.1) is 17.0 Å². The fourth-order valence-corrected chi connectivity index (χ4v) is 1.06. The summed E-state index contributed by atoms with van der Waals surface area (Å²) in [6, 6.07) is 7.14. The Morgan fingerprint density at radius 1 is 1.33 bits per heavy atom. The number of nitrogens with zero attached hydrogens (tertiary/aromatic N) is 4. The number of nitroso groups, excluding NO2 is 2. The Bertz CT molecular complexity index is 396. The first-order valence-electron chi connectivity index (χ1n) is 4.18. The van der Waals surface area contributed by atoms with Gasteiger partial charge in [-0.05, 0) is 36.4 Å². The summed E-state index contributed by atoms with van der Waals surface area (Å²) in [5, 5.41) is 15.1. The molecule has 1 atom stereocenters. The van der Waals surface area contributed by atoms with Crippen molar-refractivity contribution in [2.45, 2.75) is 13.0 Å². The van der Waals surface area contributed by atoms with Crippen LogP contribution in [-0.2, 0) is 0 Å². The number of benzene rings is 1. The number of nitriles is 1. The van der Waals surface area contributed by atoms with Crippen molar-refractivity contribution in [3.63, 3.8) is 0 Å². The smallest absolute Gasteiger partial charge is 0.139 e. The number of anilines is 1. The van der Waals surface area contributed by atoms with Crippen LogP contribution in [0.4, 0.5) is 11.4 Å². The van der Waals surface area contributed by atoms with E-state index in [2.05, 4.69) is 10.5 Å². The molecule has 6 nitrogen and oxygen atoms in total. The zero-order chi connectivity index (χ0) is 11.3. The Labute approximate surface area is 86.0 Å². The Kier molecular flexibility index (Phi) is 3.46. The van der Waals surface area contributed by atoms with Crippen molar-refractivity contribution in [2.75, 3.05) is 5.01 Å². The highest BCUT2D eigenvalue weighted by Gasteiger charge is 2.14. The summed E-state index contributed by atoms with van der Waals surface area (Å²) in [6.07, 6.45) is 0. The lowest BCUT2D eigenvalue weighted by Crippen LogP contribution is -2.25. The molecule has 0 amide bonds. The summed E-state index contributed by atoms with van der Waals surface area (Å²) < 4.78 is 0. The van der Waals surface area contributed by atoms with E-state index in [1.54, 1.807) is 6.92 Å². The standard InChI is InChI=1S/C9H8N4O2/c1-7(6-10)13(12-15)9-4-2-8(11-14)3-5-9/h2-5,7H,1H3. The van der Waals surface area contributed by atoms with Gasteiger partial charge in [0.25, 0.3) is 0 Å². The van der Waals surface area contributed by atoms with Crippen molar-refractivity contribution >= 4 is 11.4 Å². The zero-order valence-electron chi connectivity index (χ0n) is 7.99. The van der Waals surface area contributed by atoms with Gasteiger partial charge in [-0.3, -0.25) is 0 Å². The number of hydrogen-bond acceptors (Lipinski definition) is 5. The second kappa shape index (κ2) is 4.81. The van der Waals surface area contributed by atoms with E-state index >= 15 is 0 Å². The van der Waals surface area contributed by atoms with Crippen molar-refractivity contribution in [1.82, 2.24) is 0 Å². The minimum atomic E-state index is -0.655. The fourth-order valence-electron chi connectivity index (χ4n) is 1.06. The third-order valence-corrected chi connectivity index (χ3v) is 1.86. The third-order valence-electron chi connectivity index (χ3n) is 1.86. The minimum Gasteiger partial charge on any atom is -0.212 e.